The fourth-order valence-electron chi connectivity index (χ4n) is 2.07. The summed E-state index contributed by atoms with van der Waals surface area (Å²) >= 11 is 0. The van der Waals surface area contributed by atoms with Gasteiger partial charge in [0.05, 0.1) is 17.6 Å². The second kappa shape index (κ2) is 4.90. The summed E-state index contributed by atoms with van der Waals surface area (Å²) in [6.45, 7) is 2.98. The highest BCUT2D eigenvalue weighted by Gasteiger charge is 2.20. The van der Waals surface area contributed by atoms with E-state index in [1.165, 1.54) is 18.4 Å². The maximum atomic E-state index is 4.22. The van der Waals surface area contributed by atoms with Gasteiger partial charge in [-0.15, -0.1) is 5.10 Å². The van der Waals surface area contributed by atoms with Gasteiger partial charge < -0.3 is 5.32 Å². The summed E-state index contributed by atoms with van der Waals surface area (Å²) in [4.78, 5) is 0. The summed E-state index contributed by atoms with van der Waals surface area (Å²) in [7, 11) is 0. The van der Waals surface area contributed by atoms with Crippen molar-refractivity contribution in [3.8, 4) is 5.69 Å². The van der Waals surface area contributed by atoms with E-state index in [0.29, 0.717) is 6.04 Å². The van der Waals surface area contributed by atoms with Gasteiger partial charge in [0.15, 0.2) is 0 Å². The minimum atomic E-state index is 0.707. The highest BCUT2D eigenvalue weighted by molar-refractivity contribution is 5.40. The molecule has 1 fully saturated rings. The van der Waals surface area contributed by atoms with E-state index < -0.39 is 0 Å². The average molecular weight is 242 g/mol. The Labute approximate surface area is 107 Å². The van der Waals surface area contributed by atoms with E-state index in [9.17, 15) is 0 Å². The average Bonchev–Trinajstić information content (AvgIpc) is 3.13. The molecule has 1 heterocycles. The van der Waals surface area contributed by atoms with E-state index in [4.69, 9.17) is 0 Å². The summed E-state index contributed by atoms with van der Waals surface area (Å²) in [5, 5.41) is 11.9. The maximum absolute atomic E-state index is 4.22. The lowest BCUT2D eigenvalue weighted by Crippen LogP contribution is -2.15. The van der Waals surface area contributed by atoms with Gasteiger partial charge >= 0.3 is 0 Å². The van der Waals surface area contributed by atoms with Crippen molar-refractivity contribution in [3.05, 3.63) is 41.7 Å². The van der Waals surface area contributed by atoms with Crippen molar-refractivity contribution >= 4 is 0 Å². The monoisotopic (exact) mass is 242 g/mol. The standard InChI is InChI=1S/C14H18N4/c1-2-11-5-3-4-6-14(11)18-10-13(16-17-18)9-15-12-7-8-12/h3-6,10,12,15H,2,7-9H2,1H3. The SMILES string of the molecule is CCc1ccccc1-n1cc(CNC2CC2)nn1. The lowest BCUT2D eigenvalue weighted by molar-refractivity contribution is 0.671. The second-order valence-electron chi connectivity index (χ2n) is 4.79. The van der Waals surface area contributed by atoms with Crippen LogP contribution in [-0.2, 0) is 13.0 Å². The van der Waals surface area contributed by atoms with Crippen LogP contribution in [-0.4, -0.2) is 21.0 Å². The number of para-hydroxylation sites is 1. The van der Waals surface area contributed by atoms with E-state index in [1.807, 2.05) is 16.9 Å². The first-order valence-corrected chi connectivity index (χ1v) is 6.59. The zero-order valence-corrected chi connectivity index (χ0v) is 10.6. The van der Waals surface area contributed by atoms with Crippen molar-refractivity contribution in [3.63, 3.8) is 0 Å². The number of nitrogens with one attached hydrogen (secondary N) is 1. The van der Waals surface area contributed by atoms with Gasteiger partial charge in [-0.3, -0.25) is 0 Å². The Bertz CT molecular complexity index is 528. The first-order chi connectivity index (χ1) is 8.86. The lowest BCUT2D eigenvalue weighted by Gasteiger charge is -2.05. The zero-order valence-electron chi connectivity index (χ0n) is 10.6. The van der Waals surface area contributed by atoms with E-state index in [0.717, 1.165) is 24.3 Å². The summed E-state index contributed by atoms with van der Waals surface area (Å²) < 4.78 is 1.88. The minimum absolute atomic E-state index is 0.707. The van der Waals surface area contributed by atoms with Gasteiger partial charge in [-0.1, -0.05) is 30.3 Å². The van der Waals surface area contributed by atoms with Crippen molar-refractivity contribution in [2.75, 3.05) is 0 Å². The molecule has 1 aromatic heterocycles. The third kappa shape index (κ3) is 2.43. The van der Waals surface area contributed by atoms with E-state index in [2.05, 4.69) is 40.8 Å². The predicted octanol–water partition coefficient (Wildman–Crippen LogP) is 2.08. The van der Waals surface area contributed by atoms with Gasteiger partial charge in [0.2, 0.25) is 0 Å². The number of aromatic nitrogens is 3. The summed E-state index contributed by atoms with van der Waals surface area (Å²) in [6.07, 6.45) is 5.62. The molecule has 4 heteroatoms. The Hall–Kier alpha value is -1.68. The fourth-order valence-corrected chi connectivity index (χ4v) is 2.07. The van der Waals surface area contributed by atoms with Crippen LogP contribution in [0.1, 0.15) is 31.0 Å². The molecule has 1 saturated carbocycles. The van der Waals surface area contributed by atoms with Crippen LogP contribution >= 0.6 is 0 Å². The number of rotatable bonds is 5. The Morgan fingerprint density at radius 1 is 1.33 bits per heavy atom. The maximum Gasteiger partial charge on any atom is 0.0969 e. The summed E-state index contributed by atoms with van der Waals surface area (Å²) in [5.41, 5.74) is 3.43. The van der Waals surface area contributed by atoms with Crippen LogP contribution in [0.5, 0.6) is 0 Å². The van der Waals surface area contributed by atoms with Gasteiger partial charge in [-0.25, -0.2) is 4.68 Å². The van der Waals surface area contributed by atoms with Crippen molar-refractivity contribution < 1.29 is 0 Å². The van der Waals surface area contributed by atoms with Crippen molar-refractivity contribution in [1.82, 2.24) is 20.3 Å². The largest absolute Gasteiger partial charge is 0.308 e. The van der Waals surface area contributed by atoms with Gasteiger partial charge in [-0.05, 0) is 30.9 Å². The minimum Gasteiger partial charge on any atom is -0.308 e. The van der Waals surface area contributed by atoms with Gasteiger partial charge in [-0.2, -0.15) is 0 Å². The molecule has 1 aliphatic rings. The molecule has 18 heavy (non-hydrogen) atoms. The van der Waals surface area contributed by atoms with Crippen molar-refractivity contribution in [1.29, 1.82) is 0 Å². The van der Waals surface area contributed by atoms with Gasteiger partial charge in [0, 0.05) is 12.6 Å². The number of hydrogen-bond donors (Lipinski definition) is 1. The molecular formula is C14H18N4. The Kier molecular flexibility index (Phi) is 3.11. The normalized spacial score (nSPS) is 14.9. The predicted molar refractivity (Wildman–Crippen MR) is 70.6 cm³/mol. The third-order valence-corrected chi connectivity index (χ3v) is 3.31. The molecule has 4 nitrogen and oxygen atoms in total. The molecule has 0 radical (unpaired) electrons. The van der Waals surface area contributed by atoms with Crippen LogP contribution in [0.15, 0.2) is 30.5 Å². The van der Waals surface area contributed by atoms with Gasteiger partial charge in [0.25, 0.3) is 0 Å². The quantitative estimate of drug-likeness (QED) is 0.873. The van der Waals surface area contributed by atoms with Crippen molar-refractivity contribution in [2.24, 2.45) is 0 Å². The van der Waals surface area contributed by atoms with Crippen LogP contribution in [0.25, 0.3) is 5.69 Å². The van der Waals surface area contributed by atoms with E-state index in [1.54, 1.807) is 0 Å². The first kappa shape index (κ1) is 11.4. The van der Waals surface area contributed by atoms with Gasteiger partial charge in [0.1, 0.15) is 0 Å². The molecule has 3 rings (SSSR count). The Balaban J connectivity index is 1.78. The number of hydrogen-bond acceptors (Lipinski definition) is 3. The van der Waals surface area contributed by atoms with E-state index >= 15 is 0 Å². The molecule has 0 amide bonds. The molecule has 1 N–H and O–H groups in total. The fraction of sp³-hybridized carbons (Fsp3) is 0.429. The Morgan fingerprint density at radius 2 is 2.17 bits per heavy atom. The van der Waals surface area contributed by atoms with Crippen LogP contribution in [0, 0.1) is 0 Å². The molecular weight excluding hydrogens is 224 g/mol. The van der Waals surface area contributed by atoms with Crippen LogP contribution in [0.3, 0.4) is 0 Å². The third-order valence-electron chi connectivity index (χ3n) is 3.31. The highest BCUT2D eigenvalue weighted by atomic mass is 15.4. The molecule has 0 spiro atoms. The zero-order chi connectivity index (χ0) is 12.4. The molecule has 0 saturated heterocycles. The van der Waals surface area contributed by atoms with Crippen LogP contribution < -0.4 is 5.32 Å². The molecule has 1 aromatic carbocycles. The molecule has 0 atom stereocenters. The van der Waals surface area contributed by atoms with E-state index in [-0.39, 0.29) is 0 Å². The highest BCUT2D eigenvalue weighted by Crippen LogP contribution is 2.19. The molecule has 1 aliphatic carbocycles. The molecule has 0 unspecified atom stereocenters. The molecule has 2 aromatic rings. The first-order valence-electron chi connectivity index (χ1n) is 6.59. The van der Waals surface area contributed by atoms with Crippen LogP contribution in [0.2, 0.25) is 0 Å². The smallest absolute Gasteiger partial charge is 0.0969 e. The second-order valence-corrected chi connectivity index (χ2v) is 4.79. The summed E-state index contributed by atoms with van der Waals surface area (Å²) in [5.74, 6) is 0. The van der Waals surface area contributed by atoms with Crippen molar-refractivity contribution in [2.45, 2.75) is 38.8 Å². The molecule has 0 aliphatic heterocycles. The summed E-state index contributed by atoms with van der Waals surface area (Å²) in [6, 6.07) is 9.04. The molecule has 94 valence electrons. The Morgan fingerprint density at radius 3 is 2.94 bits per heavy atom. The number of aryl methyl sites for hydroxylation is 1. The molecule has 0 bridgehead atoms. The lowest BCUT2D eigenvalue weighted by atomic mass is 10.1. The number of benzene rings is 1. The number of nitrogens with zero attached hydrogens (tertiary/aromatic N) is 3. The van der Waals surface area contributed by atoms with Crippen LogP contribution in [0.4, 0.5) is 0 Å². The topological polar surface area (TPSA) is 42.7 Å².